The van der Waals surface area contributed by atoms with Crippen molar-refractivity contribution < 1.29 is 27.9 Å². The van der Waals surface area contributed by atoms with E-state index in [0.29, 0.717) is 36.2 Å². The number of carbonyl (C=O) groups is 1. The van der Waals surface area contributed by atoms with Gasteiger partial charge < -0.3 is 9.94 Å². The molecule has 3 aromatic rings. The van der Waals surface area contributed by atoms with E-state index in [0.717, 1.165) is 12.1 Å². The zero-order valence-corrected chi connectivity index (χ0v) is 19.6. The first-order chi connectivity index (χ1) is 16.4. The molecule has 0 saturated heterocycles. The minimum Gasteiger partial charge on any atom is -0.460 e. The Hall–Kier alpha value is -3.69. The summed E-state index contributed by atoms with van der Waals surface area (Å²) >= 11 is 0. The van der Waals surface area contributed by atoms with Gasteiger partial charge in [0.15, 0.2) is 0 Å². The van der Waals surface area contributed by atoms with Crippen molar-refractivity contribution >= 4 is 23.1 Å². The number of fused-ring (bicyclic) bond motifs is 1. The average Bonchev–Trinajstić information content (AvgIpc) is 2.75. The summed E-state index contributed by atoms with van der Waals surface area (Å²) in [7, 11) is 0. The second-order valence-corrected chi connectivity index (χ2v) is 9.03. The topological polar surface area (TPSA) is 93.8 Å². The third kappa shape index (κ3) is 6.68. The van der Waals surface area contributed by atoms with E-state index in [1.165, 1.54) is 29.0 Å². The van der Waals surface area contributed by atoms with Crippen LogP contribution in [0.3, 0.4) is 0 Å². The molecule has 0 unspecified atom stereocenters. The normalized spacial score (nSPS) is 12.4. The number of rotatable bonds is 7. The van der Waals surface area contributed by atoms with Gasteiger partial charge in [-0.15, -0.1) is 0 Å². The highest BCUT2D eigenvalue weighted by molar-refractivity contribution is 5.88. The Morgan fingerprint density at radius 2 is 1.80 bits per heavy atom. The Bertz CT molecular complexity index is 1290. The first-order valence-electron chi connectivity index (χ1n) is 11.0. The minimum atomic E-state index is -4.50. The maximum Gasteiger partial charge on any atom is 0.416 e. The minimum absolute atomic E-state index is 0.187. The van der Waals surface area contributed by atoms with E-state index < -0.39 is 22.9 Å². The Balaban J connectivity index is 1.96. The number of aromatic nitrogens is 2. The number of esters is 1. The van der Waals surface area contributed by atoms with Crippen LogP contribution in [0, 0.1) is 0 Å². The molecule has 35 heavy (non-hydrogen) atoms. The lowest BCUT2D eigenvalue weighted by molar-refractivity contribution is -0.155. The van der Waals surface area contributed by atoms with E-state index in [1.54, 1.807) is 32.9 Å². The van der Waals surface area contributed by atoms with Crippen molar-refractivity contribution in [3.63, 3.8) is 0 Å². The molecule has 0 amide bonds. The second kappa shape index (κ2) is 10.3. The lowest BCUT2D eigenvalue weighted by Crippen LogP contribution is -2.25. The van der Waals surface area contributed by atoms with E-state index in [-0.39, 0.29) is 23.5 Å². The highest BCUT2D eigenvalue weighted by Gasteiger charge is 2.30. The summed E-state index contributed by atoms with van der Waals surface area (Å²) in [4.78, 5) is 29.9. The van der Waals surface area contributed by atoms with Gasteiger partial charge in [-0.25, -0.2) is 4.98 Å². The van der Waals surface area contributed by atoms with Gasteiger partial charge in [0.25, 0.3) is 5.56 Å². The van der Waals surface area contributed by atoms with E-state index in [9.17, 15) is 22.8 Å². The molecule has 186 valence electrons. The summed E-state index contributed by atoms with van der Waals surface area (Å²) in [6.45, 7) is 5.34. The van der Waals surface area contributed by atoms with E-state index in [1.807, 2.05) is 0 Å². The smallest absolute Gasteiger partial charge is 0.416 e. The number of alkyl halides is 3. The average molecular weight is 489 g/mol. The van der Waals surface area contributed by atoms with Gasteiger partial charge in [0.1, 0.15) is 11.4 Å². The van der Waals surface area contributed by atoms with Crippen molar-refractivity contribution in [2.75, 3.05) is 0 Å². The molecular formula is C25H26F3N3O4. The molecule has 0 saturated carbocycles. The lowest BCUT2D eigenvalue weighted by atomic mass is 10.1. The summed E-state index contributed by atoms with van der Waals surface area (Å²) in [6.07, 6.45) is -1.84. The van der Waals surface area contributed by atoms with Crippen molar-refractivity contribution in [2.45, 2.75) is 58.2 Å². The molecule has 0 spiro atoms. The van der Waals surface area contributed by atoms with Crippen LogP contribution < -0.4 is 5.56 Å². The fraction of sp³-hybridized carbons (Fsp3) is 0.360. The van der Waals surface area contributed by atoms with Crippen LogP contribution in [-0.2, 0) is 22.1 Å². The van der Waals surface area contributed by atoms with Crippen LogP contribution >= 0.6 is 0 Å². The molecule has 3 rings (SSSR count). The van der Waals surface area contributed by atoms with Crippen molar-refractivity contribution in [2.24, 2.45) is 5.16 Å². The maximum atomic E-state index is 13.3. The number of oxime groups is 1. The molecule has 1 N–H and O–H groups in total. The Morgan fingerprint density at radius 3 is 2.40 bits per heavy atom. The zero-order valence-electron chi connectivity index (χ0n) is 19.6. The molecule has 10 heteroatoms. The summed E-state index contributed by atoms with van der Waals surface area (Å²) < 4.78 is 45.6. The molecule has 1 aromatic heterocycles. The van der Waals surface area contributed by atoms with Gasteiger partial charge in [-0.3, -0.25) is 14.2 Å². The fourth-order valence-electron chi connectivity index (χ4n) is 3.57. The number of ether oxygens (including phenoxy) is 1. The predicted octanol–water partition coefficient (Wildman–Crippen LogP) is 5.27. The van der Waals surface area contributed by atoms with Crippen LogP contribution in [0.25, 0.3) is 16.6 Å². The molecule has 0 aliphatic carbocycles. The molecule has 0 atom stereocenters. The van der Waals surface area contributed by atoms with E-state index in [2.05, 4.69) is 10.1 Å². The fourth-order valence-corrected chi connectivity index (χ4v) is 3.57. The third-order valence-electron chi connectivity index (χ3n) is 5.07. The zero-order chi connectivity index (χ0) is 25.8. The van der Waals surface area contributed by atoms with Crippen LogP contribution in [0.15, 0.2) is 52.4 Å². The largest absolute Gasteiger partial charge is 0.460 e. The standard InChI is InChI=1S/C25H26F3N3O4/c1-24(2,3)35-22(32)7-5-4-6-21-30-20-14-16(15-29-34)8-13-19(20)23(33)31(21)18-11-9-17(10-12-18)25(26,27)28/h8-15,34H,4-7H2,1-3H3/b29-15+. The van der Waals surface area contributed by atoms with Crippen LogP contribution in [0.5, 0.6) is 0 Å². The quantitative estimate of drug-likeness (QED) is 0.161. The first kappa shape index (κ1) is 25.9. The van der Waals surface area contributed by atoms with Crippen molar-refractivity contribution in [1.82, 2.24) is 9.55 Å². The number of carbonyl (C=O) groups excluding carboxylic acids is 1. The Morgan fingerprint density at radius 1 is 1.11 bits per heavy atom. The summed E-state index contributed by atoms with van der Waals surface area (Å²) in [5.74, 6) is 0.00145. The van der Waals surface area contributed by atoms with Gasteiger partial charge in [-0.2, -0.15) is 13.2 Å². The van der Waals surface area contributed by atoms with Crippen LogP contribution in [0.2, 0.25) is 0 Å². The van der Waals surface area contributed by atoms with Crippen LogP contribution in [0.1, 0.15) is 57.0 Å². The predicted molar refractivity (Wildman–Crippen MR) is 125 cm³/mol. The number of hydrogen-bond acceptors (Lipinski definition) is 6. The van der Waals surface area contributed by atoms with Gasteiger partial charge in [0.2, 0.25) is 0 Å². The van der Waals surface area contributed by atoms with Gasteiger partial charge in [0, 0.05) is 12.8 Å². The highest BCUT2D eigenvalue weighted by Crippen LogP contribution is 2.29. The Labute approximate surface area is 199 Å². The summed E-state index contributed by atoms with van der Waals surface area (Å²) in [6, 6.07) is 8.97. The van der Waals surface area contributed by atoms with Crippen molar-refractivity contribution in [1.29, 1.82) is 0 Å². The number of aryl methyl sites for hydroxylation is 1. The highest BCUT2D eigenvalue weighted by atomic mass is 19.4. The summed E-state index contributed by atoms with van der Waals surface area (Å²) in [5.41, 5.74) is -0.720. The molecule has 0 aliphatic heterocycles. The number of benzene rings is 2. The molecule has 0 bridgehead atoms. The molecule has 1 heterocycles. The number of hydrogen-bond donors (Lipinski definition) is 1. The molecular weight excluding hydrogens is 463 g/mol. The molecule has 0 fully saturated rings. The first-order valence-corrected chi connectivity index (χ1v) is 11.0. The van der Waals surface area contributed by atoms with Crippen molar-refractivity contribution in [3.8, 4) is 5.69 Å². The number of nitrogens with zero attached hydrogens (tertiary/aromatic N) is 3. The molecule has 0 radical (unpaired) electrons. The molecule has 2 aromatic carbocycles. The van der Waals surface area contributed by atoms with Crippen LogP contribution in [0.4, 0.5) is 13.2 Å². The van der Waals surface area contributed by atoms with Crippen molar-refractivity contribution in [3.05, 3.63) is 69.8 Å². The number of unbranched alkanes of at least 4 members (excludes halogenated alkanes) is 1. The summed E-state index contributed by atoms with van der Waals surface area (Å²) in [5, 5.41) is 12.0. The van der Waals surface area contributed by atoms with Gasteiger partial charge in [-0.1, -0.05) is 11.2 Å². The van der Waals surface area contributed by atoms with E-state index >= 15 is 0 Å². The number of halogens is 3. The maximum absolute atomic E-state index is 13.3. The van der Waals surface area contributed by atoms with Crippen LogP contribution in [-0.4, -0.2) is 32.5 Å². The Kier molecular flexibility index (Phi) is 7.62. The van der Waals surface area contributed by atoms with Gasteiger partial charge in [0.05, 0.1) is 28.4 Å². The lowest BCUT2D eigenvalue weighted by Gasteiger charge is -2.19. The van der Waals surface area contributed by atoms with E-state index in [4.69, 9.17) is 9.94 Å². The SMILES string of the molecule is CC(C)(C)OC(=O)CCCCc1nc2cc(/C=N/O)ccc2c(=O)n1-c1ccc(C(F)(F)F)cc1. The van der Waals surface area contributed by atoms with Gasteiger partial charge in [-0.05, 0) is 75.6 Å². The molecule has 7 nitrogen and oxygen atoms in total. The molecule has 0 aliphatic rings. The monoisotopic (exact) mass is 489 g/mol. The second-order valence-electron chi connectivity index (χ2n) is 9.03. The third-order valence-corrected chi connectivity index (χ3v) is 5.07. The van der Waals surface area contributed by atoms with Gasteiger partial charge >= 0.3 is 12.1 Å².